The average Bonchev–Trinajstić information content (AvgIpc) is 3.07. The number of anilines is 2. The maximum Gasteiger partial charge on any atom is 0.417 e. The van der Waals surface area contributed by atoms with E-state index in [9.17, 15) is 13.2 Å². The number of rotatable bonds is 3. The molecule has 0 bridgehead atoms. The molecule has 2 aromatic heterocycles. The van der Waals surface area contributed by atoms with Crippen molar-refractivity contribution in [2.75, 3.05) is 5.32 Å². The van der Waals surface area contributed by atoms with Crippen LogP contribution in [-0.4, -0.2) is 9.97 Å². The van der Waals surface area contributed by atoms with Crippen molar-refractivity contribution in [1.29, 1.82) is 0 Å². The van der Waals surface area contributed by atoms with Gasteiger partial charge in [0.1, 0.15) is 17.0 Å². The lowest BCUT2D eigenvalue weighted by Crippen LogP contribution is -2.06. The Labute approximate surface area is 174 Å². The van der Waals surface area contributed by atoms with Gasteiger partial charge in [-0.15, -0.1) is 11.3 Å². The third-order valence-electron chi connectivity index (χ3n) is 4.58. The normalized spacial score (nSPS) is 11.8. The van der Waals surface area contributed by atoms with Gasteiger partial charge in [0.25, 0.3) is 0 Å². The van der Waals surface area contributed by atoms with Crippen LogP contribution in [0, 0.1) is 13.8 Å². The second-order valence-electron chi connectivity index (χ2n) is 6.69. The highest BCUT2D eigenvalue weighted by atomic mass is 35.5. The van der Waals surface area contributed by atoms with Crippen molar-refractivity contribution < 1.29 is 13.2 Å². The topological polar surface area (TPSA) is 37.8 Å². The Balaban J connectivity index is 1.83. The lowest BCUT2D eigenvalue weighted by atomic mass is 9.99. The molecule has 2 heterocycles. The molecule has 0 saturated heterocycles. The molecular formula is C21H15ClF3N3S. The molecular weight excluding hydrogens is 419 g/mol. The van der Waals surface area contributed by atoms with E-state index in [2.05, 4.69) is 21.4 Å². The van der Waals surface area contributed by atoms with E-state index < -0.39 is 11.7 Å². The molecule has 8 heteroatoms. The highest BCUT2D eigenvalue weighted by Gasteiger charge is 2.33. The Hall–Kier alpha value is -2.64. The van der Waals surface area contributed by atoms with Crippen LogP contribution in [-0.2, 0) is 6.18 Å². The van der Waals surface area contributed by atoms with E-state index in [1.165, 1.54) is 29.8 Å². The number of nitrogens with one attached hydrogen (secondary N) is 1. The summed E-state index contributed by atoms with van der Waals surface area (Å²) in [5.41, 5.74) is 3.59. The first-order valence-corrected chi connectivity index (χ1v) is 9.93. The molecule has 0 atom stereocenters. The Morgan fingerprint density at radius 3 is 2.52 bits per heavy atom. The van der Waals surface area contributed by atoms with E-state index in [4.69, 9.17) is 11.6 Å². The van der Waals surface area contributed by atoms with E-state index in [1.807, 2.05) is 31.4 Å². The molecule has 0 amide bonds. The third-order valence-corrected chi connectivity index (χ3v) is 5.79. The van der Waals surface area contributed by atoms with Crippen molar-refractivity contribution in [3.05, 3.63) is 69.8 Å². The van der Waals surface area contributed by atoms with Gasteiger partial charge in [-0.1, -0.05) is 35.4 Å². The van der Waals surface area contributed by atoms with Gasteiger partial charge in [-0.25, -0.2) is 9.97 Å². The summed E-state index contributed by atoms with van der Waals surface area (Å²) < 4.78 is 39.6. The van der Waals surface area contributed by atoms with Crippen molar-refractivity contribution in [2.24, 2.45) is 0 Å². The van der Waals surface area contributed by atoms with Gasteiger partial charge in [0, 0.05) is 16.6 Å². The molecule has 0 aliphatic heterocycles. The van der Waals surface area contributed by atoms with Crippen LogP contribution >= 0.6 is 22.9 Å². The zero-order valence-electron chi connectivity index (χ0n) is 15.4. The first-order valence-electron chi connectivity index (χ1n) is 8.67. The number of fused-ring (bicyclic) bond motifs is 1. The van der Waals surface area contributed by atoms with Crippen LogP contribution in [0.1, 0.15) is 16.7 Å². The molecule has 0 aliphatic rings. The predicted molar refractivity (Wildman–Crippen MR) is 112 cm³/mol. The maximum atomic E-state index is 13.2. The van der Waals surface area contributed by atoms with Crippen LogP contribution in [0.25, 0.3) is 21.3 Å². The summed E-state index contributed by atoms with van der Waals surface area (Å²) in [6, 6.07) is 9.85. The Bertz CT molecular complexity index is 1220. The molecule has 0 spiro atoms. The van der Waals surface area contributed by atoms with Crippen LogP contribution in [0.2, 0.25) is 5.02 Å². The summed E-state index contributed by atoms with van der Waals surface area (Å²) in [5.74, 6) is 0.446. The first kappa shape index (κ1) is 19.7. The molecule has 3 nitrogen and oxygen atoms in total. The lowest BCUT2D eigenvalue weighted by molar-refractivity contribution is -0.137. The highest BCUT2D eigenvalue weighted by molar-refractivity contribution is 7.17. The number of nitrogens with zero attached hydrogens (tertiary/aromatic N) is 2. The van der Waals surface area contributed by atoms with Gasteiger partial charge in [0.05, 0.1) is 16.0 Å². The summed E-state index contributed by atoms with van der Waals surface area (Å²) in [7, 11) is 0. The second-order valence-corrected chi connectivity index (χ2v) is 7.95. The number of alkyl halides is 3. The van der Waals surface area contributed by atoms with E-state index in [0.717, 1.165) is 38.5 Å². The number of benzene rings is 2. The summed E-state index contributed by atoms with van der Waals surface area (Å²) in [6.45, 7) is 4.05. The van der Waals surface area contributed by atoms with E-state index in [1.54, 1.807) is 0 Å². The zero-order chi connectivity index (χ0) is 20.8. The van der Waals surface area contributed by atoms with E-state index in [0.29, 0.717) is 5.82 Å². The molecule has 0 saturated carbocycles. The number of halogens is 4. The van der Waals surface area contributed by atoms with Gasteiger partial charge in [0.15, 0.2) is 0 Å². The number of hydrogen-bond donors (Lipinski definition) is 1. The summed E-state index contributed by atoms with van der Waals surface area (Å²) in [5, 5.41) is 5.43. The average molecular weight is 434 g/mol. The quantitative estimate of drug-likeness (QED) is 0.366. The summed E-state index contributed by atoms with van der Waals surface area (Å²) in [6.07, 6.45) is -3.14. The highest BCUT2D eigenvalue weighted by Crippen LogP contribution is 2.40. The summed E-state index contributed by atoms with van der Waals surface area (Å²) in [4.78, 5) is 9.36. The van der Waals surface area contributed by atoms with Crippen molar-refractivity contribution in [3.63, 3.8) is 0 Å². The number of aryl methyl sites for hydroxylation is 2. The molecule has 0 unspecified atom stereocenters. The minimum absolute atomic E-state index is 0.250. The van der Waals surface area contributed by atoms with Crippen LogP contribution in [0.3, 0.4) is 0 Å². The Morgan fingerprint density at radius 2 is 1.79 bits per heavy atom. The number of thiophene rings is 1. The van der Waals surface area contributed by atoms with Crippen molar-refractivity contribution in [3.8, 4) is 11.1 Å². The summed E-state index contributed by atoms with van der Waals surface area (Å²) >= 11 is 7.19. The predicted octanol–water partition coefficient (Wildman–Crippen LogP) is 7.39. The molecule has 148 valence electrons. The van der Waals surface area contributed by atoms with Crippen molar-refractivity contribution >= 4 is 44.7 Å². The van der Waals surface area contributed by atoms with E-state index >= 15 is 0 Å². The molecule has 4 aromatic rings. The lowest BCUT2D eigenvalue weighted by Gasteiger charge is -2.13. The minimum atomic E-state index is -4.54. The SMILES string of the molecule is Cc1ccc(-c2csc3ncnc(Nc4ccc(Cl)c(C(F)(F)F)c4)c23)c(C)c1. The number of aromatic nitrogens is 2. The van der Waals surface area contributed by atoms with Crippen molar-refractivity contribution in [1.82, 2.24) is 9.97 Å². The van der Waals surface area contributed by atoms with Crippen LogP contribution < -0.4 is 5.32 Å². The van der Waals surface area contributed by atoms with Gasteiger partial charge in [-0.05, 0) is 43.2 Å². The Kier molecular flexibility index (Phi) is 4.96. The third kappa shape index (κ3) is 3.80. The van der Waals surface area contributed by atoms with Crippen LogP contribution in [0.5, 0.6) is 0 Å². The minimum Gasteiger partial charge on any atom is -0.340 e. The first-order chi connectivity index (χ1) is 13.7. The Morgan fingerprint density at radius 1 is 1.00 bits per heavy atom. The van der Waals surface area contributed by atoms with E-state index in [-0.39, 0.29) is 10.7 Å². The second kappa shape index (κ2) is 7.31. The largest absolute Gasteiger partial charge is 0.417 e. The molecule has 4 rings (SSSR count). The monoisotopic (exact) mass is 433 g/mol. The fraction of sp³-hybridized carbons (Fsp3) is 0.143. The molecule has 0 aliphatic carbocycles. The van der Waals surface area contributed by atoms with Gasteiger partial charge in [0.2, 0.25) is 0 Å². The van der Waals surface area contributed by atoms with Gasteiger partial charge >= 0.3 is 6.18 Å². The number of hydrogen-bond acceptors (Lipinski definition) is 4. The zero-order valence-corrected chi connectivity index (χ0v) is 17.0. The van der Waals surface area contributed by atoms with Crippen LogP contribution in [0.15, 0.2) is 48.1 Å². The fourth-order valence-corrected chi connectivity index (χ4v) is 4.37. The molecule has 2 aromatic carbocycles. The molecule has 29 heavy (non-hydrogen) atoms. The standard InChI is InChI=1S/C21H15ClF3N3S/c1-11-3-5-14(12(2)7-11)15-9-29-20-18(15)19(26-10-27-20)28-13-4-6-17(22)16(8-13)21(23,24)25/h3-10H,1-2H3,(H,26,27,28). The van der Waals surface area contributed by atoms with Crippen molar-refractivity contribution in [2.45, 2.75) is 20.0 Å². The molecule has 0 radical (unpaired) electrons. The maximum absolute atomic E-state index is 13.2. The molecule has 0 fully saturated rings. The fourth-order valence-electron chi connectivity index (χ4n) is 3.24. The molecule has 1 N–H and O–H groups in total. The van der Waals surface area contributed by atoms with Gasteiger partial charge in [-0.2, -0.15) is 13.2 Å². The van der Waals surface area contributed by atoms with Gasteiger partial charge in [-0.3, -0.25) is 0 Å². The smallest absolute Gasteiger partial charge is 0.340 e. The van der Waals surface area contributed by atoms with Gasteiger partial charge < -0.3 is 5.32 Å². The van der Waals surface area contributed by atoms with Crippen LogP contribution in [0.4, 0.5) is 24.7 Å².